The summed E-state index contributed by atoms with van der Waals surface area (Å²) in [7, 11) is 2.84. The van der Waals surface area contributed by atoms with Gasteiger partial charge >= 0.3 is 6.18 Å². The molecule has 0 aromatic carbocycles. The lowest BCUT2D eigenvalue weighted by Crippen LogP contribution is -2.04. The highest BCUT2D eigenvalue weighted by Crippen LogP contribution is 2.33. The van der Waals surface area contributed by atoms with Crippen LogP contribution in [0.1, 0.15) is 5.69 Å². The fourth-order valence-corrected chi connectivity index (χ4v) is 1.47. The fraction of sp³-hybridized carbons (Fsp3) is 0.273. The molecule has 2 aromatic rings. The van der Waals surface area contributed by atoms with Crippen molar-refractivity contribution in [3.63, 3.8) is 0 Å². The van der Waals surface area contributed by atoms with Gasteiger partial charge in [0.05, 0.1) is 20.4 Å². The van der Waals surface area contributed by atoms with Crippen molar-refractivity contribution in [2.75, 3.05) is 14.2 Å². The molecule has 0 unspecified atom stereocenters. The van der Waals surface area contributed by atoms with Crippen LogP contribution in [-0.4, -0.2) is 29.4 Å². The molecule has 0 spiro atoms. The van der Waals surface area contributed by atoms with Crippen LogP contribution in [-0.2, 0) is 6.18 Å². The van der Waals surface area contributed by atoms with E-state index in [0.717, 1.165) is 6.07 Å². The molecule has 0 saturated heterocycles. The number of hydrogen-bond donors (Lipinski definition) is 1. The van der Waals surface area contributed by atoms with Crippen LogP contribution in [0.3, 0.4) is 0 Å². The summed E-state index contributed by atoms with van der Waals surface area (Å²) in [6.07, 6.45) is -3.11. The van der Waals surface area contributed by atoms with Gasteiger partial charge in [-0.2, -0.15) is 18.3 Å². The van der Waals surface area contributed by atoms with Crippen molar-refractivity contribution in [1.29, 1.82) is 0 Å². The topological polar surface area (TPSA) is 60.0 Å². The standard InChI is InChI=1S/C11H10F3N3O2/c1-18-6-3-8(19-2)10(15-5-6)7-4-9(17-16-7)11(12,13)14/h3-5H,1-2H3,(H,16,17). The van der Waals surface area contributed by atoms with Crippen LogP contribution in [0, 0.1) is 0 Å². The number of hydrogen-bond acceptors (Lipinski definition) is 4. The molecule has 2 rings (SSSR count). The molecule has 8 heteroatoms. The largest absolute Gasteiger partial charge is 0.495 e. The summed E-state index contributed by atoms with van der Waals surface area (Å²) in [4.78, 5) is 3.99. The van der Waals surface area contributed by atoms with E-state index in [9.17, 15) is 13.2 Å². The normalized spacial score (nSPS) is 11.4. The Morgan fingerprint density at radius 2 is 1.89 bits per heavy atom. The Morgan fingerprint density at radius 1 is 1.16 bits per heavy atom. The van der Waals surface area contributed by atoms with Crippen molar-refractivity contribution < 1.29 is 22.6 Å². The van der Waals surface area contributed by atoms with Crippen LogP contribution < -0.4 is 9.47 Å². The van der Waals surface area contributed by atoms with Gasteiger partial charge in [0.25, 0.3) is 0 Å². The molecule has 2 aromatic heterocycles. The Labute approximate surface area is 106 Å². The van der Waals surface area contributed by atoms with E-state index in [0.29, 0.717) is 5.75 Å². The number of rotatable bonds is 3. The molecular formula is C11H10F3N3O2. The van der Waals surface area contributed by atoms with Crippen LogP contribution in [0.5, 0.6) is 11.5 Å². The average molecular weight is 273 g/mol. The third-order valence-corrected chi connectivity index (χ3v) is 2.41. The highest BCUT2D eigenvalue weighted by molar-refractivity contribution is 5.63. The van der Waals surface area contributed by atoms with Gasteiger partial charge < -0.3 is 9.47 Å². The monoisotopic (exact) mass is 273 g/mol. The smallest absolute Gasteiger partial charge is 0.432 e. The van der Waals surface area contributed by atoms with Gasteiger partial charge in [-0.05, 0) is 6.07 Å². The number of halogens is 3. The van der Waals surface area contributed by atoms with Crippen LogP contribution in [0.15, 0.2) is 18.3 Å². The average Bonchev–Trinajstić information content (AvgIpc) is 2.87. The van der Waals surface area contributed by atoms with Crippen molar-refractivity contribution in [3.8, 4) is 22.9 Å². The lowest BCUT2D eigenvalue weighted by atomic mass is 10.2. The zero-order valence-corrected chi connectivity index (χ0v) is 10.1. The Kier molecular flexibility index (Phi) is 3.32. The Morgan fingerprint density at radius 3 is 2.42 bits per heavy atom. The number of nitrogens with zero attached hydrogens (tertiary/aromatic N) is 2. The first-order chi connectivity index (χ1) is 8.95. The molecule has 5 nitrogen and oxygen atoms in total. The maximum atomic E-state index is 12.5. The number of nitrogens with one attached hydrogen (secondary N) is 1. The predicted octanol–water partition coefficient (Wildman–Crippen LogP) is 2.51. The Balaban J connectivity index is 2.44. The molecule has 0 atom stereocenters. The van der Waals surface area contributed by atoms with E-state index in [1.54, 1.807) is 0 Å². The second kappa shape index (κ2) is 4.79. The van der Waals surface area contributed by atoms with Crippen LogP contribution in [0.4, 0.5) is 13.2 Å². The summed E-state index contributed by atoms with van der Waals surface area (Å²) in [5.74, 6) is 0.715. The van der Waals surface area contributed by atoms with Gasteiger partial charge in [0.1, 0.15) is 22.8 Å². The summed E-state index contributed by atoms with van der Waals surface area (Å²) in [6, 6.07) is 2.39. The number of ether oxygens (including phenoxy) is 2. The minimum atomic E-state index is -4.48. The molecule has 1 N–H and O–H groups in total. The van der Waals surface area contributed by atoms with Crippen LogP contribution >= 0.6 is 0 Å². The molecule has 0 aliphatic carbocycles. The number of pyridine rings is 1. The first kappa shape index (κ1) is 13.2. The quantitative estimate of drug-likeness (QED) is 0.933. The highest BCUT2D eigenvalue weighted by atomic mass is 19.4. The van der Waals surface area contributed by atoms with E-state index in [2.05, 4.69) is 10.1 Å². The predicted molar refractivity (Wildman–Crippen MR) is 59.9 cm³/mol. The number of aromatic nitrogens is 3. The second-order valence-electron chi connectivity index (χ2n) is 3.59. The maximum absolute atomic E-state index is 12.5. The van der Waals surface area contributed by atoms with E-state index in [1.807, 2.05) is 5.10 Å². The summed E-state index contributed by atoms with van der Waals surface area (Å²) in [6.45, 7) is 0. The van der Waals surface area contributed by atoms with Crippen LogP contribution in [0.2, 0.25) is 0 Å². The molecule has 0 aliphatic rings. The zero-order valence-electron chi connectivity index (χ0n) is 10.1. The number of alkyl halides is 3. The molecule has 19 heavy (non-hydrogen) atoms. The van der Waals surface area contributed by atoms with Gasteiger partial charge in [0, 0.05) is 6.07 Å². The fourth-order valence-electron chi connectivity index (χ4n) is 1.47. The van der Waals surface area contributed by atoms with E-state index in [1.165, 1.54) is 26.5 Å². The van der Waals surface area contributed by atoms with E-state index in [4.69, 9.17) is 9.47 Å². The summed E-state index contributed by atoms with van der Waals surface area (Å²) >= 11 is 0. The molecule has 0 bridgehead atoms. The minimum Gasteiger partial charge on any atom is -0.495 e. The first-order valence-corrected chi connectivity index (χ1v) is 5.16. The third-order valence-electron chi connectivity index (χ3n) is 2.41. The molecule has 0 aliphatic heterocycles. The van der Waals surface area contributed by atoms with E-state index < -0.39 is 11.9 Å². The number of H-pyrrole nitrogens is 1. The lowest BCUT2D eigenvalue weighted by Gasteiger charge is -2.07. The minimum absolute atomic E-state index is 0.0480. The van der Waals surface area contributed by atoms with Gasteiger partial charge in [-0.25, -0.2) is 4.98 Å². The molecule has 0 radical (unpaired) electrons. The molecule has 2 heterocycles. The van der Waals surface area contributed by atoms with Crippen molar-refractivity contribution in [2.24, 2.45) is 0 Å². The van der Waals surface area contributed by atoms with Gasteiger partial charge in [0.15, 0.2) is 5.75 Å². The molecular weight excluding hydrogens is 263 g/mol. The molecule has 0 amide bonds. The van der Waals surface area contributed by atoms with Gasteiger partial charge in [-0.15, -0.1) is 0 Å². The summed E-state index contributed by atoms with van der Waals surface area (Å²) in [5.41, 5.74) is -0.691. The third kappa shape index (κ3) is 2.61. The highest BCUT2D eigenvalue weighted by Gasteiger charge is 2.33. The molecule has 0 fully saturated rings. The zero-order chi connectivity index (χ0) is 14.0. The van der Waals surface area contributed by atoms with Crippen molar-refractivity contribution >= 4 is 0 Å². The van der Waals surface area contributed by atoms with Gasteiger partial charge in [0.2, 0.25) is 0 Å². The number of methoxy groups -OCH3 is 2. The summed E-state index contributed by atoms with van der Waals surface area (Å²) in [5, 5.41) is 5.51. The first-order valence-electron chi connectivity index (χ1n) is 5.16. The SMILES string of the molecule is COc1cnc(-c2cc(C(F)(F)F)[nH]n2)c(OC)c1. The van der Waals surface area contributed by atoms with Crippen LogP contribution in [0.25, 0.3) is 11.4 Å². The molecule has 0 saturated carbocycles. The second-order valence-corrected chi connectivity index (χ2v) is 3.59. The van der Waals surface area contributed by atoms with E-state index >= 15 is 0 Å². The van der Waals surface area contributed by atoms with Gasteiger partial charge in [-0.1, -0.05) is 0 Å². The van der Waals surface area contributed by atoms with Crippen molar-refractivity contribution in [1.82, 2.24) is 15.2 Å². The van der Waals surface area contributed by atoms with E-state index in [-0.39, 0.29) is 17.1 Å². The maximum Gasteiger partial charge on any atom is 0.432 e. The Bertz CT molecular complexity index is 581. The Hall–Kier alpha value is -2.25. The summed E-state index contributed by atoms with van der Waals surface area (Å²) < 4.78 is 47.4. The van der Waals surface area contributed by atoms with Crippen molar-refractivity contribution in [2.45, 2.75) is 6.18 Å². The van der Waals surface area contributed by atoms with Crippen molar-refractivity contribution in [3.05, 3.63) is 24.0 Å². The lowest BCUT2D eigenvalue weighted by molar-refractivity contribution is -0.141. The number of aromatic amines is 1. The molecule has 102 valence electrons. The van der Waals surface area contributed by atoms with Gasteiger partial charge in [-0.3, -0.25) is 5.10 Å².